The third-order valence-corrected chi connectivity index (χ3v) is 4.97. The van der Waals surface area contributed by atoms with Crippen LogP contribution in [0.5, 0.6) is 0 Å². The molecule has 0 spiro atoms. The predicted octanol–water partition coefficient (Wildman–Crippen LogP) is 1.50. The number of fused-ring (bicyclic) bond motifs is 1. The molecular weight excluding hydrogens is 248 g/mol. The molecule has 1 aromatic heterocycles. The zero-order valence-corrected chi connectivity index (χ0v) is 11.8. The topological polar surface area (TPSA) is 33.1 Å². The van der Waals surface area contributed by atoms with Gasteiger partial charge in [-0.1, -0.05) is 18.5 Å². The summed E-state index contributed by atoms with van der Waals surface area (Å²) in [6.45, 7) is 6.78. The molecule has 1 aromatic rings. The molecule has 2 fully saturated rings. The summed E-state index contributed by atoms with van der Waals surface area (Å²) in [6, 6.07) is 0.695. The summed E-state index contributed by atoms with van der Waals surface area (Å²) in [6.07, 6.45) is 2.97. The lowest BCUT2D eigenvalue weighted by atomic mass is 9.93. The fourth-order valence-electron chi connectivity index (χ4n) is 3.61. The molecule has 100 valence electrons. The standard InChI is InChI=1S/C13H21ClN4/c1-3-11-10-5-15-4-9(10)7-18(11)8-13-16-6-12(14)17(13)2/h6,9-11,15H,3-5,7-8H2,1-2H3. The fourth-order valence-corrected chi connectivity index (χ4v) is 3.75. The van der Waals surface area contributed by atoms with E-state index in [-0.39, 0.29) is 0 Å². The lowest BCUT2D eigenvalue weighted by molar-refractivity contribution is 0.204. The highest BCUT2D eigenvalue weighted by Crippen LogP contribution is 2.35. The second kappa shape index (κ2) is 4.83. The molecule has 4 nitrogen and oxygen atoms in total. The number of hydrogen-bond donors (Lipinski definition) is 1. The third-order valence-electron chi connectivity index (χ3n) is 4.61. The third kappa shape index (κ3) is 1.96. The molecule has 0 bridgehead atoms. The first-order valence-corrected chi connectivity index (χ1v) is 7.19. The number of hydrogen-bond acceptors (Lipinski definition) is 3. The van der Waals surface area contributed by atoms with Gasteiger partial charge in [-0.2, -0.15) is 0 Å². The molecule has 5 heteroatoms. The molecule has 2 saturated heterocycles. The number of aromatic nitrogens is 2. The molecular formula is C13H21ClN4. The van der Waals surface area contributed by atoms with Crippen molar-refractivity contribution >= 4 is 11.6 Å². The summed E-state index contributed by atoms with van der Waals surface area (Å²) < 4.78 is 1.99. The molecule has 1 N–H and O–H groups in total. The van der Waals surface area contributed by atoms with Gasteiger partial charge in [-0.25, -0.2) is 4.98 Å². The highest BCUT2D eigenvalue weighted by molar-refractivity contribution is 6.29. The van der Waals surface area contributed by atoms with Crippen molar-refractivity contribution in [3.63, 3.8) is 0 Å². The van der Waals surface area contributed by atoms with Crippen molar-refractivity contribution in [1.82, 2.24) is 19.8 Å². The van der Waals surface area contributed by atoms with E-state index in [0.717, 1.165) is 29.4 Å². The van der Waals surface area contributed by atoms with Crippen LogP contribution in [-0.2, 0) is 13.6 Å². The van der Waals surface area contributed by atoms with Gasteiger partial charge in [0.05, 0.1) is 12.7 Å². The van der Waals surface area contributed by atoms with Gasteiger partial charge in [-0.15, -0.1) is 0 Å². The maximum absolute atomic E-state index is 6.05. The maximum atomic E-state index is 6.05. The number of nitrogens with zero attached hydrogens (tertiary/aromatic N) is 3. The Kier molecular flexibility index (Phi) is 3.34. The Morgan fingerprint density at radius 2 is 2.33 bits per heavy atom. The molecule has 0 aromatic carbocycles. The van der Waals surface area contributed by atoms with Gasteiger partial charge in [-0.05, 0) is 31.3 Å². The molecule has 2 aliphatic rings. The predicted molar refractivity (Wildman–Crippen MR) is 72.6 cm³/mol. The SMILES string of the molecule is CCC1C2CNCC2CN1Cc1ncc(Cl)n1C. The van der Waals surface area contributed by atoms with Gasteiger partial charge >= 0.3 is 0 Å². The van der Waals surface area contributed by atoms with Crippen LogP contribution in [0.15, 0.2) is 6.20 Å². The summed E-state index contributed by atoms with van der Waals surface area (Å²) in [4.78, 5) is 7.01. The molecule has 3 atom stereocenters. The second-order valence-corrected chi connectivity index (χ2v) is 5.93. The first kappa shape index (κ1) is 12.5. The van der Waals surface area contributed by atoms with Crippen LogP contribution < -0.4 is 5.32 Å². The van der Waals surface area contributed by atoms with Crippen molar-refractivity contribution in [3.8, 4) is 0 Å². The second-order valence-electron chi connectivity index (χ2n) is 5.54. The number of nitrogens with one attached hydrogen (secondary N) is 1. The van der Waals surface area contributed by atoms with Crippen LogP contribution in [0.1, 0.15) is 19.2 Å². The fraction of sp³-hybridized carbons (Fsp3) is 0.769. The smallest absolute Gasteiger partial charge is 0.128 e. The average Bonchev–Trinajstić information content (AvgIpc) is 2.99. The summed E-state index contributed by atoms with van der Waals surface area (Å²) in [5, 5.41) is 4.24. The Balaban J connectivity index is 1.75. The van der Waals surface area contributed by atoms with Crippen molar-refractivity contribution in [3.05, 3.63) is 17.2 Å². The Labute approximate surface area is 113 Å². The highest BCUT2D eigenvalue weighted by atomic mass is 35.5. The normalized spacial score (nSPS) is 32.1. The van der Waals surface area contributed by atoms with Crippen molar-refractivity contribution in [1.29, 1.82) is 0 Å². The molecule has 2 aliphatic heterocycles. The number of rotatable bonds is 3. The Morgan fingerprint density at radius 1 is 1.50 bits per heavy atom. The van der Waals surface area contributed by atoms with Crippen LogP contribution in [0.25, 0.3) is 0 Å². The van der Waals surface area contributed by atoms with Gasteiger partial charge in [0.2, 0.25) is 0 Å². The van der Waals surface area contributed by atoms with E-state index in [1.165, 1.54) is 26.1 Å². The van der Waals surface area contributed by atoms with Crippen LogP contribution in [0.3, 0.4) is 0 Å². The van der Waals surface area contributed by atoms with Gasteiger partial charge < -0.3 is 9.88 Å². The van der Waals surface area contributed by atoms with Gasteiger partial charge in [0.1, 0.15) is 11.0 Å². The van der Waals surface area contributed by atoms with E-state index in [2.05, 4.69) is 22.1 Å². The summed E-state index contributed by atoms with van der Waals surface area (Å²) in [5.41, 5.74) is 0. The number of likely N-dealkylation sites (tertiary alicyclic amines) is 1. The van der Waals surface area contributed by atoms with Crippen molar-refractivity contribution in [2.45, 2.75) is 25.9 Å². The van der Waals surface area contributed by atoms with Crippen LogP contribution in [-0.4, -0.2) is 40.1 Å². The lowest BCUT2D eigenvalue weighted by Crippen LogP contribution is -2.35. The first-order valence-electron chi connectivity index (χ1n) is 6.81. The molecule has 3 unspecified atom stereocenters. The van der Waals surface area contributed by atoms with Crippen LogP contribution >= 0.6 is 11.6 Å². The van der Waals surface area contributed by atoms with E-state index in [0.29, 0.717) is 6.04 Å². The average molecular weight is 269 g/mol. The van der Waals surface area contributed by atoms with Crippen molar-refractivity contribution in [2.24, 2.45) is 18.9 Å². The van der Waals surface area contributed by atoms with Crippen molar-refractivity contribution < 1.29 is 0 Å². The molecule has 3 heterocycles. The van der Waals surface area contributed by atoms with Gasteiger partial charge in [-0.3, -0.25) is 4.90 Å². The van der Waals surface area contributed by atoms with Gasteiger partial charge in [0.15, 0.2) is 0 Å². The zero-order valence-electron chi connectivity index (χ0n) is 11.1. The van der Waals surface area contributed by atoms with Gasteiger partial charge in [0.25, 0.3) is 0 Å². The largest absolute Gasteiger partial charge is 0.321 e. The summed E-state index contributed by atoms with van der Waals surface area (Å²) in [7, 11) is 1.99. The van der Waals surface area contributed by atoms with Gasteiger partial charge in [0, 0.05) is 19.6 Å². The van der Waals surface area contributed by atoms with E-state index in [4.69, 9.17) is 11.6 Å². The van der Waals surface area contributed by atoms with E-state index < -0.39 is 0 Å². The van der Waals surface area contributed by atoms with E-state index in [1.54, 1.807) is 6.20 Å². The number of halogens is 1. The Morgan fingerprint density at radius 3 is 3.00 bits per heavy atom. The van der Waals surface area contributed by atoms with E-state index in [9.17, 15) is 0 Å². The minimum absolute atomic E-state index is 0.695. The van der Waals surface area contributed by atoms with E-state index in [1.807, 2.05) is 11.6 Å². The lowest BCUT2D eigenvalue weighted by Gasteiger charge is -2.26. The highest BCUT2D eigenvalue weighted by Gasteiger charge is 2.43. The summed E-state index contributed by atoms with van der Waals surface area (Å²) >= 11 is 6.05. The minimum Gasteiger partial charge on any atom is -0.321 e. The van der Waals surface area contributed by atoms with Crippen LogP contribution in [0.2, 0.25) is 5.15 Å². The molecule has 18 heavy (non-hydrogen) atoms. The maximum Gasteiger partial charge on any atom is 0.128 e. The van der Waals surface area contributed by atoms with Crippen LogP contribution in [0.4, 0.5) is 0 Å². The minimum atomic E-state index is 0.695. The quantitative estimate of drug-likeness (QED) is 0.902. The van der Waals surface area contributed by atoms with Crippen LogP contribution in [0, 0.1) is 11.8 Å². The number of imidazole rings is 1. The Hall–Kier alpha value is -0.580. The molecule has 0 saturated carbocycles. The molecule has 0 aliphatic carbocycles. The Bertz CT molecular complexity index is 431. The monoisotopic (exact) mass is 268 g/mol. The summed E-state index contributed by atoms with van der Waals surface area (Å²) in [5.74, 6) is 2.72. The molecule has 3 rings (SSSR count). The van der Waals surface area contributed by atoms with Crippen molar-refractivity contribution in [2.75, 3.05) is 19.6 Å². The zero-order chi connectivity index (χ0) is 12.7. The van der Waals surface area contributed by atoms with E-state index >= 15 is 0 Å². The molecule has 0 amide bonds. The first-order chi connectivity index (χ1) is 8.70. The molecule has 0 radical (unpaired) electrons.